The van der Waals surface area contributed by atoms with Gasteiger partial charge in [0.2, 0.25) is 5.91 Å². The van der Waals surface area contributed by atoms with E-state index in [1.807, 2.05) is 11.3 Å². The molecule has 1 aliphatic carbocycles. The Morgan fingerprint density at radius 3 is 2.92 bits per heavy atom. The smallest absolute Gasteiger partial charge is 0.223 e. The minimum absolute atomic E-state index is 0.207. The number of aryl methyl sites for hydroxylation is 1. The van der Waals surface area contributed by atoms with Crippen molar-refractivity contribution in [1.82, 2.24) is 20.0 Å². The van der Waals surface area contributed by atoms with Crippen LogP contribution in [-0.4, -0.2) is 27.1 Å². The van der Waals surface area contributed by atoms with Crippen LogP contribution in [0.2, 0.25) is 0 Å². The van der Waals surface area contributed by atoms with Crippen molar-refractivity contribution in [2.45, 2.75) is 58.8 Å². The monoisotopic (exact) mass is 358 g/mol. The third kappa shape index (κ3) is 3.96. The number of thiophene rings is 1. The lowest BCUT2D eigenvalue weighted by Gasteiger charge is -2.26. The topological polar surface area (TPSA) is 50.2 Å². The second kappa shape index (κ2) is 7.30. The van der Waals surface area contributed by atoms with Crippen LogP contribution in [0.3, 0.4) is 0 Å². The summed E-state index contributed by atoms with van der Waals surface area (Å²) in [5, 5.41) is 7.75. The zero-order chi connectivity index (χ0) is 17.2. The van der Waals surface area contributed by atoms with E-state index in [1.165, 1.54) is 28.3 Å². The molecule has 3 heterocycles. The summed E-state index contributed by atoms with van der Waals surface area (Å²) in [6, 6.07) is 6.58. The van der Waals surface area contributed by atoms with Crippen LogP contribution in [-0.2, 0) is 31.0 Å². The molecule has 0 bridgehead atoms. The predicted octanol–water partition coefficient (Wildman–Crippen LogP) is 3.08. The SMILES string of the molecule is Cc1ccc(CN2CCn3nc(CNC(=O)C4CCCC4)cc3C2)s1. The van der Waals surface area contributed by atoms with E-state index in [2.05, 4.69) is 45.1 Å². The highest BCUT2D eigenvalue weighted by Gasteiger charge is 2.23. The van der Waals surface area contributed by atoms with Gasteiger partial charge in [0, 0.05) is 35.3 Å². The Balaban J connectivity index is 1.33. The lowest BCUT2D eigenvalue weighted by atomic mass is 10.1. The fraction of sp³-hybridized carbons (Fsp3) is 0.579. The number of hydrogen-bond donors (Lipinski definition) is 1. The van der Waals surface area contributed by atoms with Crippen molar-refractivity contribution in [3.63, 3.8) is 0 Å². The van der Waals surface area contributed by atoms with Crippen LogP contribution in [0.4, 0.5) is 0 Å². The molecule has 0 atom stereocenters. The van der Waals surface area contributed by atoms with Crippen LogP contribution >= 0.6 is 11.3 Å². The van der Waals surface area contributed by atoms with Gasteiger partial charge in [-0.25, -0.2) is 0 Å². The number of hydrogen-bond acceptors (Lipinski definition) is 4. The van der Waals surface area contributed by atoms with E-state index in [4.69, 9.17) is 0 Å². The number of nitrogens with one attached hydrogen (secondary N) is 1. The fourth-order valence-corrected chi connectivity index (χ4v) is 4.83. The standard InChI is InChI=1S/C19H26N4OS/c1-14-6-7-18(25-14)13-22-8-9-23-17(12-22)10-16(21-23)11-20-19(24)15-4-2-3-5-15/h6-7,10,15H,2-5,8-9,11-13H2,1H3,(H,20,24). The van der Waals surface area contributed by atoms with E-state index >= 15 is 0 Å². The third-order valence-electron chi connectivity index (χ3n) is 5.27. The van der Waals surface area contributed by atoms with Crippen LogP contribution in [0.5, 0.6) is 0 Å². The van der Waals surface area contributed by atoms with Crippen molar-refractivity contribution in [3.8, 4) is 0 Å². The van der Waals surface area contributed by atoms with Crippen LogP contribution < -0.4 is 5.32 Å². The molecule has 1 saturated carbocycles. The molecule has 2 aromatic heterocycles. The molecule has 1 amide bonds. The molecular weight excluding hydrogens is 332 g/mol. The first-order chi connectivity index (χ1) is 12.2. The number of nitrogens with zero attached hydrogens (tertiary/aromatic N) is 3. The van der Waals surface area contributed by atoms with Crippen molar-refractivity contribution in [1.29, 1.82) is 0 Å². The van der Waals surface area contributed by atoms with Gasteiger partial charge in [-0.05, 0) is 38.0 Å². The van der Waals surface area contributed by atoms with Crippen LogP contribution in [0.15, 0.2) is 18.2 Å². The van der Waals surface area contributed by atoms with Crippen molar-refractivity contribution in [2.24, 2.45) is 5.92 Å². The van der Waals surface area contributed by atoms with Crippen molar-refractivity contribution >= 4 is 17.2 Å². The van der Waals surface area contributed by atoms with E-state index in [0.29, 0.717) is 6.54 Å². The molecule has 0 aromatic carbocycles. The van der Waals surface area contributed by atoms with E-state index < -0.39 is 0 Å². The van der Waals surface area contributed by atoms with Gasteiger partial charge in [0.1, 0.15) is 0 Å². The third-order valence-corrected chi connectivity index (χ3v) is 6.26. The lowest BCUT2D eigenvalue weighted by Crippen LogP contribution is -2.33. The zero-order valence-electron chi connectivity index (χ0n) is 14.8. The highest BCUT2D eigenvalue weighted by molar-refractivity contribution is 7.11. The molecule has 134 valence electrons. The molecule has 6 heteroatoms. The van der Waals surface area contributed by atoms with Gasteiger partial charge in [0.25, 0.3) is 0 Å². The molecule has 1 N–H and O–H groups in total. The maximum Gasteiger partial charge on any atom is 0.223 e. The number of rotatable bonds is 5. The summed E-state index contributed by atoms with van der Waals surface area (Å²) in [7, 11) is 0. The number of carbonyl (C=O) groups is 1. The Morgan fingerprint density at radius 1 is 1.32 bits per heavy atom. The molecule has 25 heavy (non-hydrogen) atoms. The van der Waals surface area contributed by atoms with Gasteiger partial charge in [0.05, 0.1) is 24.5 Å². The minimum Gasteiger partial charge on any atom is -0.350 e. The summed E-state index contributed by atoms with van der Waals surface area (Å²) in [5.41, 5.74) is 2.24. The summed E-state index contributed by atoms with van der Waals surface area (Å²) in [5.74, 6) is 0.431. The molecule has 0 spiro atoms. The Morgan fingerprint density at radius 2 is 2.16 bits per heavy atom. The van der Waals surface area contributed by atoms with Gasteiger partial charge >= 0.3 is 0 Å². The number of amides is 1. The lowest BCUT2D eigenvalue weighted by molar-refractivity contribution is -0.124. The zero-order valence-corrected chi connectivity index (χ0v) is 15.6. The average molecular weight is 359 g/mol. The summed E-state index contributed by atoms with van der Waals surface area (Å²) < 4.78 is 2.10. The number of fused-ring (bicyclic) bond motifs is 1. The Bertz CT molecular complexity index is 744. The van der Waals surface area contributed by atoms with Gasteiger partial charge in [-0.15, -0.1) is 11.3 Å². The Kier molecular flexibility index (Phi) is 4.90. The fourth-order valence-electron chi connectivity index (χ4n) is 3.90. The Labute approximate surface area is 153 Å². The first kappa shape index (κ1) is 16.8. The van der Waals surface area contributed by atoms with Crippen LogP contribution in [0.1, 0.15) is 46.8 Å². The molecule has 0 radical (unpaired) electrons. The molecule has 2 aromatic rings. The largest absolute Gasteiger partial charge is 0.350 e. The minimum atomic E-state index is 0.207. The van der Waals surface area contributed by atoms with Crippen molar-refractivity contribution in [2.75, 3.05) is 6.54 Å². The summed E-state index contributed by atoms with van der Waals surface area (Å²) in [6.07, 6.45) is 4.47. The van der Waals surface area contributed by atoms with Gasteiger partial charge in [-0.1, -0.05) is 12.8 Å². The molecule has 0 unspecified atom stereocenters. The van der Waals surface area contributed by atoms with Crippen LogP contribution in [0.25, 0.3) is 0 Å². The second-order valence-electron chi connectivity index (χ2n) is 7.27. The summed E-state index contributed by atoms with van der Waals surface area (Å²) >= 11 is 1.88. The highest BCUT2D eigenvalue weighted by Crippen LogP contribution is 2.25. The summed E-state index contributed by atoms with van der Waals surface area (Å²) in [4.78, 5) is 17.4. The van der Waals surface area contributed by atoms with E-state index in [0.717, 1.165) is 44.7 Å². The first-order valence-electron chi connectivity index (χ1n) is 9.28. The first-order valence-corrected chi connectivity index (χ1v) is 10.1. The average Bonchev–Trinajstić information content (AvgIpc) is 3.33. The summed E-state index contributed by atoms with van der Waals surface area (Å²) in [6.45, 7) is 6.61. The maximum absolute atomic E-state index is 12.2. The highest BCUT2D eigenvalue weighted by atomic mass is 32.1. The molecule has 1 aliphatic heterocycles. The molecular formula is C19H26N4OS. The van der Waals surface area contributed by atoms with Gasteiger partial charge in [0.15, 0.2) is 0 Å². The van der Waals surface area contributed by atoms with E-state index in [1.54, 1.807) is 0 Å². The van der Waals surface area contributed by atoms with Gasteiger partial charge in [-0.3, -0.25) is 14.4 Å². The van der Waals surface area contributed by atoms with E-state index in [9.17, 15) is 4.79 Å². The second-order valence-corrected chi connectivity index (χ2v) is 8.64. The Hall–Kier alpha value is -1.66. The normalized spacial score (nSPS) is 18.4. The molecule has 0 saturated heterocycles. The predicted molar refractivity (Wildman–Crippen MR) is 99.2 cm³/mol. The number of aromatic nitrogens is 2. The molecule has 2 aliphatic rings. The quantitative estimate of drug-likeness (QED) is 0.894. The van der Waals surface area contributed by atoms with Crippen molar-refractivity contribution < 1.29 is 4.79 Å². The molecule has 4 rings (SSSR count). The van der Waals surface area contributed by atoms with Gasteiger partial charge in [-0.2, -0.15) is 5.10 Å². The van der Waals surface area contributed by atoms with Crippen molar-refractivity contribution in [3.05, 3.63) is 39.3 Å². The molecule has 5 nitrogen and oxygen atoms in total. The number of carbonyl (C=O) groups excluding carboxylic acids is 1. The van der Waals surface area contributed by atoms with E-state index in [-0.39, 0.29) is 11.8 Å². The van der Waals surface area contributed by atoms with Crippen LogP contribution in [0, 0.1) is 12.8 Å². The maximum atomic E-state index is 12.2. The van der Waals surface area contributed by atoms with Gasteiger partial charge < -0.3 is 5.32 Å². The molecule has 1 fully saturated rings.